The van der Waals surface area contributed by atoms with E-state index >= 15 is 0 Å². The molecule has 0 atom stereocenters. The minimum atomic E-state index is -0.519. The summed E-state index contributed by atoms with van der Waals surface area (Å²) in [7, 11) is 0. The lowest BCUT2D eigenvalue weighted by molar-refractivity contribution is -0.384. The highest BCUT2D eigenvalue weighted by atomic mass is 35.5. The van der Waals surface area contributed by atoms with Gasteiger partial charge in [-0.15, -0.1) is 0 Å². The largest absolute Gasteiger partial charge is 0.294 e. The molecule has 0 spiro atoms. The van der Waals surface area contributed by atoms with Crippen LogP contribution in [0.2, 0.25) is 45.2 Å². The van der Waals surface area contributed by atoms with Crippen LogP contribution in [0.4, 0.5) is 11.4 Å². The highest BCUT2D eigenvalue weighted by molar-refractivity contribution is 6.38. The molecule has 0 fully saturated rings. The van der Waals surface area contributed by atoms with Gasteiger partial charge in [-0.3, -0.25) is 48.3 Å². The molecule has 30 heteroatoms. The van der Waals surface area contributed by atoms with Crippen LogP contribution in [0.1, 0.15) is 0 Å². The smallest absolute Gasteiger partial charge is 0.268 e. The average molecular weight is 1490 g/mol. The van der Waals surface area contributed by atoms with E-state index in [0.29, 0.717) is 85.8 Å². The predicted molar refractivity (Wildman–Crippen MR) is 388 cm³/mol. The third kappa shape index (κ3) is 13.3. The first kappa shape index (κ1) is 67.0. The molecule has 21 nitrogen and oxygen atoms in total. The van der Waals surface area contributed by atoms with Crippen LogP contribution in [0.5, 0.6) is 0 Å². The maximum atomic E-state index is 13.7. The van der Waals surface area contributed by atoms with Crippen molar-refractivity contribution in [1.29, 1.82) is 0 Å². The van der Waals surface area contributed by atoms with Gasteiger partial charge in [0.1, 0.15) is 27.5 Å². The monoisotopic (exact) mass is 1490 g/mol. The van der Waals surface area contributed by atoms with Gasteiger partial charge in [0.05, 0.1) is 66.3 Å². The molecule has 99 heavy (non-hydrogen) atoms. The van der Waals surface area contributed by atoms with E-state index in [0.717, 1.165) is 5.69 Å². The molecule has 0 aliphatic carbocycles. The van der Waals surface area contributed by atoms with Crippen molar-refractivity contribution >= 4 is 149 Å². The maximum absolute atomic E-state index is 13.7. The quantitative estimate of drug-likeness (QED) is 0.0865. The van der Waals surface area contributed by atoms with Crippen molar-refractivity contribution in [1.82, 2.24) is 58.0 Å². The summed E-state index contributed by atoms with van der Waals surface area (Å²) in [4.78, 5) is 77.4. The van der Waals surface area contributed by atoms with Crippen molar-refractivity contribution in [3.8, 4) is 68.3 Å². The zero-order chi connectivity index (χ0) is 69.5. The molecule has 0 aliphatic heterocycles. The summed E-state index contributed by atoms with van der Waals surface area (Å²) >= 11 is 55.8. The van der Waals surface area contributed by atoms with Gasteiger partial charge >= 0.3 is 0 Å². The Hall–Kier alpha value is -10.6. The van der Waals surface area contributed by atoms with E-state index in [9.17, 15) is 34.6 Å². The van der Waals surface area contributed by atoms with Crippen molar-refractivity contribution in [3.05, 3.63) is 321 Å². The van der Waals surface area contributed by atoms with Crippen molar-refractivity contribution in [3.63, 3.8) is 0 Å². The van der Waals surface area contributed by atoms with Crippen molar-refractivity contribution in [2.75, 3.05) is 0 Å². The SMILES string of the molecule is O=c1c2cnn(-c3ccccc3)c2nc(-c2ccc(Cl)cc2Cl)n1-c1ccc(Cl)cc1.O=c1c2cnn(-c3ccccc3[N+](=O)[O-])c2nc(-c2ccc(Cl)cc2Cl)n1-c1ccc(Cl)cc1.O=c1c2cnn(-c3ccccc3[N+](=O)[O-])c2nc(-c2ccc(Cl)cc2Cl)n1-c1ccc(Cl)cc1. The molecule has 0 aliphatic rings. The standard InChI is InChI=1S/2C23H12Cl3N5O3.C23H13Cl3N4O/c2*24-13-5-8-15(9-6-13)29-21(16-10-7-14(25)11-18(16)26)28-22-17(23(29)32)12-27-30(22)19-3-1-2-4-20(19)31(33)34;24-14-6-9-16(10-7-14)29-21(18-11-8-15(25)12-20(18)26)28-22-19(23(29)31)13-27-30(22)17-4-2-1-3-5-17/h2*1-12H;1-13H. The number of fused-ring (bicyclic) bond motifs is 3. The summed E-state index contributed by atoms with van der Waals surface area (Å²) in [5.41, 5.74) is 3.44. The van der Waals surface area contributed by atoms with Gasteiger partial charge in [0, 0.05) is 59.0 Å². The molecule has 0 amide bonds. The Morgan fingerprint density at radius 1 is 0.313 bits per heavy atom. The van der Waals surface area contributed by atoms with Gasteiger partial charge in [-0.2, -0.15) is 15.3 Å². The van der Waals surface area contributed by atoms with Crippen LogP contribution >= 0.6 is 104 Å². The summed E-state index contributed by atoms with van der Waals surface area (Å²) < 4.78 is 8.46. The fourth-order valence-electron chi connectivity index (χ4n) is 10.7. The summed E-state index contributed by atoms with van der Waals surface area (Å²) in [6.07, 6.45) is 4.19. The predicted octanol–water partition coefficient (Wildman–Crippen LogP) is 18.4. The number of para-hydroxylation sites is 5. The lowest BCUT2D eigenvalue weighted by Gasteiger charge is -2.14. The summed E-state index contributed by atoms with van der Waals surface area (Å²) in [5, 5.41) is 40.6. The number of aromatic nitrogens is 12. The molecule has 0 radical (unpaired) electrons. The minimum Gasteiger partial charge on any atom is -0.268 e. The lowest BCUT2D eigenvalue weighted by atomic mass is 10.2. The highest BCUT2D eigenvalue weighted by Gasteiger charge is 2.27. The fraction of sp³-hybridized carbons (Fsp3) is 0. The Kier molecular flexibility index (Phi) is 19.0. The van der Waals surface area contributed by atoms with Crippen LogP contribution in [0.15, 0.2) is 239 Å². The van der Waals surface area contributed by atoms with E-state index in [1.165, 1.54) is 65.9 Å². The van der Waals surface area contributed by atoms with E-state index in [1.54, 1.807) is 156 Å². The van der Waals surface area contributed by atoms with Crippen LogP contribution in [-0.2, 0) is 0 Å². The van der Waals surface area contributed by atoms with Crippen LogP contribution in [0.25, 0.3) is 101 Å². The number of nitro groups is 2. The third-order valence-corrected chi connectivity index (χ3v) is 17.6. The number of benzene rings is 9. The topological polar surface area (TPSA) is 244 Å². The first-order chi connectivity index (χ1) is 47.7. The van der Waals surface area contributed by atoms with Gasteiger partial charge in [0.15, 0.2) is 34.4 Å². The van der Waals surface area contributed by atoms with Crippen molar-refractivity contribution < 1.29 is 9.85 Å². The van der Waals surface area contributed by atoms with Gasteiger partial charge in [0.2, 0.25) is 0 Å². The molecular weight excluding hydrogens is 1460 g/mol. The lowest BCUT2D eigenvalue weighted by Crippen LogP contribution is -2.22. The Morgan fingerprint density at radius 3 is 0.909 bits per heavy atom. The third-order valence-electron chi connectivity index (χ3n) is 15.2. The average Bonchev–Trinajstić information content (AvgIpc) is 1.72. The Bertz CT molecular complexity index is 5660. The molecule has 0 saturated heterocycles. The van der Waals surface area contributed by atoms with E-state index in [-0.39, 0.29) is 72.1 Å². The number of nitro benzene ring substituents is 2. The molecule has 0 saturated carbocycles. The van der Waals surface area contributed by atoms with Gasteiger partial charge < -0.3 is 0 Å². The zero-order valence-electron chi connectivity index (χ0n) is 49.9. The number of hydrogen-bond donors (Lipinski definition) is 0. The number of hydrogen-bond acceptors (Lipinski definition) is 13. The normalized spacial score (nSPS) is 11.2. The summed E-state index contributed by atoms with van der Waals surface area (Å²) in [5.74, 6) is 0.794. The molecule has 6 aromatic heterocycles. The first-order valence-corrected chi connectivity index (χ1v) is 32.3. The van der Waals surface area contributed by atoms with Gasteiger partial charge in [-0.25, -0.2) is 29.0 Å². The molecule has 6 heterocycles. The van der Waals surface area contributed by atoms with Gasteiger partial charge in [-0.1, -0.05) is 147 Å². The summed E-state index contributed by atoms with van der Waals surface area (Å²) in [6.45, 7) is 0. The summed E-state index contributed by atoms with van der Waals surface area (Å²) in [6, 6.07) is 56.6. The van der Waals surface area contributed by atoms with Crippen molar-refractivity contribution in [2.24, 2.45) is 0 Å². The van der Waals surface area contributed by atoms with E-state index in [2.05, 4.69) is 15.3 Å². The first-order valence-electron chi connectivity index (χ1n) is 28.9. The van der Waals surface area contributed by atoms with Gasteiger partial charge in [-0.05, 0) is 152 Å². The van der Waals surface area contributed by atoms with Crippen LogP contribution in [0.3, 0.4) is 0 Å². The van der Waals surface area contributed by atoms with Crippen LogP contribution < -0.4 is 16.7 Å². The Morgan fingerprint density at radius 2 is 0.596 bits per heavy atom. The van der Waals surface area contributed by atoms with Crippen LogP contribution in [0, 0.1) is 20.2 Å². The highest BCUT2D eigenvalue weighted by Crippen LogP contribution is 2.37. The number of rotatable bonds is 11. The zero-order valence-corrected chi connectivity index (χ0v) is 56.7. The molecule has 15 rings (SSSR count). The molecule has 0 N–H and O–H groups in total. The van der Waals surface area contributed by atoms with E-state index in [1.807, 2.05) is 30.3 Å². The minimum absolute atomic E-state index is 0.144. The molecule has 0 bridgehead atoms. The number of nitrogens with zero attached hydrogens (tertiary/aromatic N) is 14. The molecule has 9 aromatic carbocycles. The van der Waals surface area contributed by atoms with E-state index in [4.69, 9.17) is 119 Å². The fourth-order valence-corrected chi connectivity index (χ4v) is 12.5. The Balaban J connectivity index is 0.000000134. The van der Waals surface area contributed by atoms with Crippen LogP contribution in [-0.4, -0.2) is 67.8 Å². The van der Waals surface area contributed by atoms with Crippen molar-refractivity contribution in [2.45, 2.75) is 0 Å². The molecular formula is C69H37Cl9N14O7. The second-order valence-electron chi connectivity index (χ2n) is 21.2. The molecule has 0 unspecified atom stereocenters. The van der Waals surface area contributed by atoms with Gasteiger partial charge in [0.25, 0.3) is 28.1 Å². The number of halogens is 9. The second-order valence-corrected chi connectivity index (χ2v) is 25.1. The molecule has 15 aromatic rings. The second kappa shape index (κ2) is 28.1. The Labute approximate surface area is 601 Å². The maximum Gasteiger partial charge on any atom is 0.294 e. The molecule has 488 valence electrons. The van der Waals surface area contributed by atoms with E-state index < -0.39 is 21.0 Å².